The molecule has 0 bridgehead atoms. The van der Waals surface area contributed by atoms with Gasteiger partial charge in [-0.3, -0.25) is 0 Å². The molecule has 1 amide bonds. The van der Waals surface area contributed by atoms with Crippen LogP contribution in [0, 0.1) is 0 Å². The number of aromatic nitrogens is 1. The molecule has 25 heavy (non-hydrogen) atoms. The van der Waals surface area contributed by atoms with E-state index in [0.29, 0.717) is 19.7 Å². The molecule has 4 rings (SSSR count). The molecule has 130 valence electrons. The summed E-state index contributed by atoms with van der Waals surface area (Å²) in [5.41, 5.74) is 2.03. The average molecular weight is 403 g/mol. The number of carbonyl (C=O) groups excluding carboxylic acids is 1. The Labute approximate surface area is 154 Å². The zero-order chi connectivity index (χ0) is 17.2. The first-order chi connectivity index (χ1) is 12.2. The second-order valence-corrected chi connectivity index (χ2v) is 7.15. The number of rotatable bonds is 2. The Hall–Kier alpha value is -2.28. The summed E-state index contributed by atoms with van der Waals surface area (Å²) in [7, 11) is 0. The number of anilines is 2. The molecule has 2 aromatic rings. The van der Waals surface area contributed by atoms with Gasteiger partial charge in [-0.1, -0.05) is 30.3 Å². The third-order valence-corrected chi connectivity index (χ3v) is 5.01. The van der Waals surface area contributed by atoms with E-state index < -0.39 is 0 Å². The van der Waals surface area contributed by atoms with Gasteiger partial charge in [-0.05, 0) is 27.6 Å². The molecule has 0 spiro atoms. The monoisotopic (exact) mass is 402 g/mol. The van der Waals surface area contributed by atoms with E-state index in [1.54, 1.807) is 4.90 Å². The highest BCUT2D eigenvalue weighted by atomic mass is 79.9. The summed E-state index contributed by atoms with van der Waals surface area (Å²) in [4.78, 5) is 21.0. The van der Waals surface area contributed by atoms with Crippen LogP contribution in [0.1, 0.15) is 5.56 Å². The molecular formula is C18H19BrN4O2. The van der Waals surface area contributed by atoms with Crippen molar-refractivity contribution in [2.24, 2.45) is 0 Å². The number of hydrogen-bond acceptors (Lipinski definition) is 5. The molecule has 0 radical (unpaired) electrons. The molecule has 3 heterocycles. The maximum Gasteiger partial charge on any atom is 0.410 e. The second kappa shape index (κ2) is 6.92. The van der Waals surface area contributed by atoms with Crippen LogP contribution in [0.15, 0.2) is 47.1 Å². The zero-order valence-corrected chi connectivity index (χ0v) is 15.3. The maximum absolute atomic E-state index is 12.4. The quantitative estimate of drug-likeness (QED) is 0.835. The molecule has 1 aromatic carbocycles. The van der Waals surface area contributed by atoms with Gasteiger partial charge in [0.05, 0.1) is 11.7 Å². The van der Waals surface area contributed by atoms with Gasteiger partial charge in [-0.15, -0.1) is 0 Å². The van der Waals surface area contributed by atoms with Gasteiger partial charge in [0.15, 0.2) is 5.82 Å². The fraction of sp³-hybridized carbons (Fsp3) is 0.333. The van der Waals surface area contributed by atoms with Crippen molar-refractivity contribution in [2.45, 2.75) is 12.6 Å². The van der Waals surface area contributed by atoms with Crippen molar-refractivity contribution in [1.82, 2.24) is 9.88 Å². The minimum atomic E-state index is -0.252. The standard InChI is InChI=1S/C18H19BrN4O2/c19-14-8-16-17(21-9-14)23-7-6-22(11-15(23)10-20-16)18(24)25-12-13-4-2-1-3-5-13/h1-5,8-9,15,20H,6-7,10-12H2. The molecule has 0 aliphatic carbocycles. The van der Waals surface area contributed by atoms with Gasteiger partial charge >= 0.3 is 6.09 Å². The van der Waals surface area contributed by atoms with E-state index in [9.17, 15) is 4.79 Å². The van der Waals surface area contributed by atoms with Crippen LogP contribution in [0.5, 0.6) is 0 Å². The Morgan fingerprint density at radius 1 is 1.32 bits per heavy atom. The van der Waals surface area contributed by atoms with Crippen molar-refractivity contribution in [3.8, 4) is 0 Å². The fourth-order valence-electron chi connectivity index (χ4n) is 3.30. The first-order valence-electron chi connectivity index (χ1n) is 8.32. The summed E-state index contributed by atoms with van der Waals surface area (Å²) in [6, 6.07) is 12.0. The number of carbonyl (C=O) groups is 1. The van der Waals surface area contributed by atoms with Crippen molar-refractivity contribution in [1.29, 1.82) is 0 Å². The lowest BCUT2D eigenvalue weighted by Crippen LogP contribution is -2.59. The van der Waals surface area contributed by atoms with Gasteiger partial charge in [-0.25, -0.2) is 9.78 Å². The van der Waals surface area contributed by atoms with Gasteiger partial charge in [0.1, 0.15) is 6.61 Å². The van der Waals surface area contributed by atoms with E-state index in [1.807, 2.05) is 42.6 Å². The summed E-state index contributed by atoms with van der Waals surface area (Å²) in [6.07, 6.45) is 1.56. The number of amides is 1. The van der Waals surface area contributed by atoms with E-state index in [2.05, 4.69) is 31.1 Å². The second-order valence-electron chi connectivity index (χ2n) is 6.24. The van der Waals surface area contributed by atoms with Crippen molar-refractivity contribution in [3.05, 3.63) is 52.6 Å². The summed E-state index contributed by atoms with van der Waals surface area (Å²) < 4.78 is 6.42. The predicted octanol–water partition coefficient (Wildman–Crippen LogP) is 3.10. The molecule has 1 N–H and O–H groups in total. The number of nitrogens with one attached hydrogen (secondary N) is 1. The zero-order valence-electron chi connectivity index (χ0n) is 13.7. The van der Waals surface area contributed by atoms with Crippen LogP contribution in [0.4, 0.5) is 16.3 Å². The molecule has 6 nitrogen and oxygen atoms in total. The van der Waals surface area contributed by atoms with Crippen molar-refractivity contribution in [2.75, 3.05) is 36.4 Å². The van der Waals surface area contributed by atoms with Crippen LogP contribution in [-0.4, -0.2) is 48.2 Å². The van der Waals surface area contributed by atoms with E-state index in [4.69, 9.17) is 4.74 Å². The van der Waals surface area contributed by atoms with Gasteiger partial charge in [-0.2, -0.15) is 0 Å². The number of ether oxygens (including phenoxy) is 1. The highest BCUT2D eigenvalue weighted by Gasteiger charge is 2.34. The lowest BCUT2D eigenvalue weighted by Gasteiger charge is -2.45. The van der Waals surface area contributed by atoms with Crippen LogP contribution < -0.4 is 10.2 Å². The predicted molar refractivity (Wildman–Crippen MR) is 99.8 cm³/mol. The minimum Gasteiger partial charge on any atom is -0.445 e. The molecule has 0 saturated carbocycles. The van der Waals surface area contributed by atoms with Gasteiger partial charge < -0.3 is 19.9 Å². The number of fused-ring (bicyclic) bond motifs is 3. The fourth-order valence-corrected chi connectivity index (χ4v) is 3.64. The highest BCUT2D eigenvalue weighted by molar-refractivity contribution is 9.10. The normalized spacial score (nSPS) is 18.8. The largest absolute Gasteiger partial charge is 0.445 e. The summed E-state index contributed by atoms with van der Waals surface area (Å²) >= 11 is 3.45. The van der Waals surface area contributed by atoms with E-state index in [1.165, 1.54) is 0 Å². The molecule has 2 aliphatic rings. The number of halogens is 1. The van der Waals surface area contributed by atoms with Gasteiger partial charge in [0.2, 0.25) is 0 Å². The average Bonchev–Trinajstić information content (AvgIpc) is 2.66. The topological polar surface area (TPSA) is 57.7 Å². The SMILES string of the molecule is O=C(OCc1ccccc1)N1CCN2c3ncc(Br)cc3NCC2C1. The van der Waals surface area contributed by atoms with Crippen LogP contribution >= 0.6 is 15.9 Å². The lowest BCUT2D eigenvalue weighted by molar-refractivity contribution is 0.0893. The number of pyridine rings is 1. The Morgan fingerprint density at radius 3 is 3.00 bits per heavy atom. The third kappa shape index (κ3) is 3.42. The Morgan fingerprint density at radius 2 is 2.16 bits per heavy atom. The van der Waals surface area contributed by atoms with Gasteiger partial charge in [0, 0.05) is 36.8 Å². The Kier molecular flexibility index (Phi) is 4.48. The molecule has 1 fully saturated rings. The summed E-state index contributed by atoms with van der Waals surface area (Å²) in [5.74, 6) is 0.955. The number of nitrogens with zero attached hydrogens (tertiary/aromatic N) is 3. The van der Waals surface area contributed by atoms with Crippen molar-refractivity contribution >= 4 is 33.5 Å². The molecule has 1 saturated heterocycles. The minimum absolute atomic E-state index is 0.208. The van der Waals surface area contributed by atoms with Gasteiger partial charge in [0.25, 0.3) is 0 Å². The molecule has 1 unspecified atom stereocenters. The Bertz CT molecular complexity index is 771. The molecule has 1 atom stereocenters. The first kappa shape index (κ1) is 16.2. The Balaban J connectivity index is 1.38. The van der Waals surface area contributed by atoms with Crippen molar-refractivity contribution in [3.63, 3.8) is 0 Å². The summed E-state index contributed by atoms with van der Waals surface area (Å²) in [5, 5.41) is 3.41. The first-order valence-corrected chi connectivity index (χ1v) is 9.12. The summed E-state index contributed by atoms with van der Waals surface area (Å²) in [6.45, 7) is 3.13. The lowest BCUT2D eigenvalue weighted by atomic mass is 10.1. The molecule has 7 heteroatoms. The maximum atomic E-state index is 12.4. The van der Waals surface area contributed by atoms with Crippen LogP contribution in [-0.2, 0) is 11.3 Å². The smallest absolute Gasteiger partial charge is 0.410 e. The van der Waals surface area contributed by atoms with Crippen LogP contribution in [0.25, 0.3) is 0 Å². The van der Waals surface area contributed by atoms with Crippen molar-refractivity contribution < 1.29 is 9.53 Å². The third-order valence-electron chi connectivity index (χ3n) is 4.58. The van der Waals surface area contributed by atoms with E-state index >= 15 is 0 Å². The van der Waals surface area contributed by atoms with E-state index in [0.717, 1.165) is 34.6 Å². The molecular weight excluding hydrogens is 384 g/mol. The van der Waals surface area contributed by atoms with Crippen LogP contribution in [0.2, 0.25) is 0 Å². The van der Waals surface area contributed by atoms with Crippen LogP contribution in [0.3, 0.4) is 0 Å². The number of hydrogen-bond donors (Lipinski definition) is 1. The van der Waals surface area contributed by atoms with E-state index in [-0.39, 0.29) is 12.1 Å². The highest BCUT2D eigenvalue weighted by Crippen LogP contribution is 2.32. The molecule has 2 aliphatic heterocycles. The number of benzene rings is 1. The molecule has 1 aromatic heterocycles. The number of piperazine rings is 1.